The molecule has 0 aliphatic heterocycles. The molecule has 2 atom stereocenters. The van der Waals surface area contributed by atoms with E-state index in [1.165, 1.54) is 36.0 Å². The summed E-state index contributed by atoms with van der Waals surface area (Å²) in [5, 5.41) is 25.9. The van der Waals surface area contributed by atoms with Gasteiger partial charge in [-0.3, -0.25) is 19.7 Å². The van der Waals surface area contributed by atoms with Crippen molar-refractivity contribution in [3.8, 4) is 0 Å². The minimum absolute atomic E-state index is 0.0339. The number of nitro groups is 1. The number of benzene rings is 2. The number of nitrogens with one attached hydrogen (secondary N) is 2. The molecule has 1 heterocycles. The molecule has 0 saturated carbocycles. The van der Waals surface area contributed by atoms with Crippen LogP contribution in [0.4, 0.5) is 5.69 Å². The highest BCUT2D eigenvalue weighted by Gasteiger charge is 2.26. The third kappa shape index (κ3) is 6.66. The third-order valence-corrected chi connectivity index (χ3v) is 6.45. The first kappa shape index (κ1) is 25.9. The summed E-state index contributed by atoms with van der Waals surface area (Å²) in [4.78, 5) is 35.8. The van der Waals surface area contributed by atoms with Crippen molar-refractivity contribution in [3.05, 3.63) is 81.7 Å². The van der Waals surface area contributed by atoms with Crippen LogP contribution >= 0.6 is 11.8 Å². The van der Waals surface area contributed by atoms with Crippen LogP contribution < -0.4 is 10.6 Å². The predicted molar refractivity (Wildman–Crippen MR) is 133 cm³/mol. The predicted octanol–water partition coefficient (Wildman–Crippen LogP) is 3.82. The van der Waals surface area contributed by atoms with Crippen molar-refractivity contribution in [3.63, 3.8) is 0 Å². The first-order valence-corrected chi connectivity index (χ1v) is 12.1. The molecule has 1 aromatic heterocycles. The van der Waals surface area contributed by atoms with Crippen molar-refractivity contribution in [2.24, 2.45) is 13.0 Å². The summed E-state index contributed by atoms with van der Waals surface area (Å²) >= 11 is 1.25. The van der Waals surface area contributed by atoms with Crippen LogP contribution in [0.2, 0.25) is 0 Å². The molecular weight excluding hydrogens is 468 g/mol. The van der Waals surface area contributed by atoms with Gasteiger partial charge < -0.3 is 15.2 Å². The SMILES string of the molecule is CC(C)[C@@H](NC(=O)c1cccc([N+](=O)[O-])c1)c1nnc(SCC(=O)N[C@@H](C)c2ccccc2)n1C. The lowest BCUT2D eigenvalue weighted by Crippen LogP contribution is -2.33. The third-order valence-electron chi connectivity index (χ3n) is 5.43. The number of carbonyl (C=O) groups excluding carboxylic acids is 2. The van der Waals surface area contributed by atoms with E-state index < -0.39 is 16.9 Å². The van der Waals surface area contributed by atoms with E-state index >= 15 is 0 Å². The lowest BCUT2D eigenvalue weighted by molar-refractivity contribution is -0.384. The number of nitro benzene ring substituents is 1. The highest BCUT2D eigenvalue weighted by atomic mass is 32.2. The average Bonchev–Trinajstić information content (AvgIpc) is 3.21. The lowest BCUT2D eigenvalue weighted by atomic mass is 10.0. The molecule has 10 nitrogen and oxygen atoms in total. The van der Waals surface area contributed by atoms with Crippen LogP contribution in [0.5, 0.6) is 0 Å². The highest BCUT2D eigenvalue weighted by molar-refractivity contribution is 7.99. The second-order valence-electron chi connectivity index (χ2n) is 8.39. The molecule has 184 valence electrons. The molecular formula is C24H28N6O4S. The summed E-state index contributed by atoms with van der Waals surface area (Å²) in [5.41, 5.74) is 1.05. The van der Waals surface area contributed by atoms with E-state index in [0.717, 1.165) is 5.56 Å². The Labute approximate surface area is 207 Å². The highest BCUT2D eigenvalue weighted by Crippen LogP contribution is 2.25. The number of non-ortho nitro benzene ring substituents is 1. The van der Waals surface area contributed by atoms with Crippen LogP contribution in [0.15, 0.2) is 59.8 Å². The molecule has 0 aliphatic rings. The molecule has 2 aromatic carbocycles. The maximum absolute atomic E-state index is 12.8. The van der Waals surface area contributed by atoms with E-state index in [9.17, 15) is 19.7 Å². The molecule has 0 radical (unpaired) electrons. The molecule has 0 bridgehead atoms. The summed E-state index contributed by atoms with van der Waals surface area (Å²) in [6, 6.07) is 14.7. The van der Waals surface area contributed by atoms with E-state index in [1.807, 2.05) is 51.1 Å². The van der Waals surface area contributed by atoms with Gasteiger partial charge >= 0.3 is 0 Å². The number of amides is 2. The van der Waals surface area contributed by atoms with Crippen LogP contribution in [-0.4, -0.2) is 37.3 Å². The number of rotatable bonds is 10. The van der Waals surface area contributed by atoms with Crippen LogP contribution in [0, 0.1) is 16.0 Å². The quantitative estimate of drug-likeness (QED) is 0.248. The van der Waals surface area contributed by atoms with E-state index in [2.05, 4.69) is 20.8 Å². The molecule has 2 N–H and O–H groups in total. The molecule has 11 heteroatoms. The maximum atomic E-state index is 12.8. The monoisotopic (exact) mass is 496 g/mol. The summed E-state index contributed by atoms with van der Waals surface area (Å²) in [7, 11) is 1.77. The molecule has 0 unspecified atom stereocenters. The van der Waals surface area contributed by atoms with Crippen LogP contribution in [0.1, 0.15) is 54.6 Å². The van der Waals surface area contributed by atoms with Crippen molar-refractivity contribution >= 4 is 29.3 Å². The van der Waals surface area contributed by atoms with Crippen molar-refractivity contribution in [1.29, 1.82) is 0 Å². The first-order valence-electron chi connectivity index (χ1n) is 11.1. The Morgan fingerprint density at radius 1 is 1.06 bits per heavy atom. The summed E-state index contributed by atoms with van der Waals surface area (Å²) in [6.07, 6.45) is 0. The Kier molecular flexibility index (Phi) is 8.58. The van der Waals surface area contributed by atoms with Gasteiger partial charge in [-0.2, -0.15) is 0 Å². The molecule has 0 spiro atoms. The van der Waals surface area contributed by atoms with Crippen LogP contribution in [0.3, 0.4) is 0 Å². The Morgan fingerprint density at radius 3 is 2.43 bits per heavy atom. The van der Waals surface area contributed by atoms with Crippen molar-refractivity contribution in [2.75, 3.05) is 5.75 Å². The van der Waals surface area contributed by atoms with Gasteiger partial charge in [0.25, 0.3) is 11.6 Å². The van der Waals surface area contributed by atoms with Gasteiger partial charge in [0.2, 0.25) is 5.91 Å². The standard InChI is InChI=1S/C24H28N6O4S/c1-15(2)21(26-23(32)18-11-8-12-19(13-18)30(33)34)22-27-28-24(29(22)4)35-14-20(31)25-16(3)17-9-6-5-7-10-17/h5-13,15-16,21H,14H2,1-4H3,(H,25,31)(H,26,32)/t16-,21+/m0/s1. The zero-order valence-corrected chi connectivity index (χ0v) is 20.8. The number of nitrogens with zero attached hydrogens (tertiary/aromatic N) is 4. The molecule has 0 fully saturated rings. The zero-order chi connectivity index (χ0) is 25.5. The van der Waals surface area contributed by atoms with Gasteiger partial charge in [0.05, 0.1) is 22.8 Å². The number of hydrogen-bond donors (Lipinski definition) is 2. The Balaban J connectivity index is 1.66. The summed E-state index contributed by atoms with van der Waals surface area (Å²) in [5.74, 6) is 0.0807. The fourth-order valence-corrected chi connectivity index (χ4v) is 4.20. The Hall–Kier alpha value is -3.73. The van der Waals surface area contributed by atoms with Crippen molar-refractivity contribution < 1.29 is 14.5 Å². The van der Waals surface area contributed by atoms with E-state index in [0.29, 0.717) is 11.0 Å². The second-order valence-corrected chi connectivity index (χ2v) is 9.33. The molecule has 2 amide bonds. The van der Waals surface area contributed by atoms with Gasteiger partial charge in [0, 0.05) is 24.7 Å². The van der Waals surface area contributed by atoms with E-state index in [-0.39, 0.29) is 34.9 Å². The van der Waals surface area contributed by atoms with Gasteiger partial charge in [-0.05, 0) is 24.5 Å². The number of carbonyl (C=O) groups is 2. The van der Waals surface area contributed by atoms with Crippen molar-refractivity contribution in [2.45, 2.75) is 38.0 Å². The molecule has 3 rings (SSSR count). The minimum atomic E-state index is -0.542. The lowest BCUT2D eigenvalue weighted by Gasteiger charge is -2.21. The number of aromatic nitrogens is 3. The van der Waals surface area contributed by atoms with Crippen LogP contribution in [0.25, 0.3) is 0 Å². The number of thioether (sulfide) groups is 1. The van der Waals surface area contributed by atoms with E-state index in [1.54, 1.807) is 11.6 Å². The number of hydrogen-bond acceptors (Lipinski definition) is 7. The topological polar surface area (TPSA) is 132 Å². The largest absolute Gasteiger partial charge is 0.349 e. The van der Waals surface area contributed by atoms with Gasteiger partial charge in [0.1, 0.15) is 0 Å². The van der Waals surface area contributed by atoms with Gasteiger partial charge in [-0.1, -0.05) is 62.0 Å². The Bertz CT molecular complexity index is 1200. The van der Waals surface area contributed by atoms with E-state index in [4.69, 9.17) is 0 Å². The maximum Gasteiger partial charge on any atom is 0.270 e. The summed E-state index contributed by atoms with van der Waals surface area (Å²) < 4.78 is 1.75. The van der Waals surface area contributed by atoms with Crippen molar-refractivity contribution in [1.82, 2.24) is 25.4 Å². The normalized spacial score (nSPS) is 12.7. The minimum Gasteiger partial charge on any atom is -0.349 e. The molecule has 0 aliphatic carbocycles. The zero-order valence-electron chi connectivity index (χ0n) is 20.0. The molecule has 35 heavy (non-hydrogen) atoms. The first-order chi connectivity index (χ1) is 16.7. The average molecular weight is 497 g/mol. The van der Waals surface area contributed by atoms with Gasteiger partial charge in [0.15, 0.2) is 11.0 Å². The van der Waals surface area contributed by atoms with Gasteiger partial charge in [-0.15, -0.1) is 10.2 Å². The summed E-state index contributed by atoms with van der Waals surface area (Å²) in [6.45, 7) is 5.78. The molecule has 3 aromatic rings. The van der Waals surface area contributed by atoms with Crippen LogP contribution in [-0.2, 0) is 11.8 Å². The van der Waals surface area contributed by atoms with Gasteiger partial charge in [-0.25, -0.2) is 0 Å². The fourth-order valence-electron chi connectivity index (χ4n) is 3.48. The second kappa shape index (κ2) is 11.6. The fraction of sp³-hybridized carbons (Fsp3) is 0.333. The Morgan fingerprint density at radius 2 is 1.77 bits per heavy atom. The smallest absolute Gasteiger partial charge is 0.270 e. The molecule has 0 saturated heterocycles.